The highest BCUT2D eigenvalue weighted by atomic mass is 16.5. The van der Waals surface area contributed by atoms with Crippen LogP contribution < -0.4 is 5.32 Å². The lowest BCUT2D eigenvalue weighted by molar-refractivity contribution is -0.0179. The van der Waals surface area contributed by atoms with Crippen molar-refractivity contribution in [1.29, 1.82) is 0 Å². The lowest BCUT2D eigenvalue weighted by Crippen LogP contribution is -2.44. The maximum atomic E-state index is 5.57. The van der Waals surface area contributed by atoms with Gasteiger partial charge in [0.1, 0.15) is 0 Å². The molecule has 1 heterocycles. The summed E-state index contributed by atoms with van der Waals surface area (Å²) >= 11 is 0. The van der Waals surface area contributed by atoms with Crippen LogP contribution in [0.1, 0.15) is 6.42 Å². The van der Waals surface area contributed by atoms with E-state index in [4.69, 9.17) is 11.2 Å². The lowest BCUT2D eigenvalue weighted by atomic mass is 10.3. The summed E-state index contributed by atoms with van der Waals surface area (Å²) in [7, 11) is 2.12. The fourth-order valence-electron chi connectivity index (χ4n) is 1.41. The van der Waals surface area contributed by atoms with Gasteiger partial charge in [-0.2, -0.15) is 0 Å². The second-order valence-electron chi connectivity index (χ2n) is 3.41. The highest BCUT2D eigenvalue weighted by molar-refractivity contribution is 4.84. The Morgan fingerprint density at radius 3 is 3.23 bits per heavy atom. The van der Waals surface area contributed by atoms with Crippen molar-refractivity contribution in [3.8, 4) is 12.3 Å². The zero-order valence-electron chi connectivity index (χ0n) is 8.25. The van der Waals surface area contributed by atoms with E-state index in [-0.39, 0.29) is 0 Å². The van der Waals surface area contributed by atoms with Gasteiger partial charge < -0.3 is 15.0 Å². The molecule has 1 N–H and O–H groups in total. The van der Waals surface area contributed by atoms with Gasteiger partial charge >= 0.3 is 0 Å². The molecule has 0 bridgehead atoms. The number of nitrogens with one attached hydrogen (secondary N) is 1. The van der Waals surface area contributed by atoms with Gasteiger partial charge in [0.2, 0.25) is 0 Å². The van der Waals surface area contributed by atoms with Gasteiger partial charge in [-0.1, -0.05) is 0 Å². The van der Waals surface area contributed by atoms with Crippen molar-refractivity contribution in [2.45, 2.75) is 12.5 Å². The smallest absolute Gasteiger partial charge is 0.0826 e. The minimum Gasteiger partial charge on any atom is -0.374 e. The molecule has 0 radical (unpaired) electrons. The summed E-state index contributed by atoms with van der Waals surface area (Å²) in [5.74, 6) is 2.60. The van der Waals surface area contributed by atoms with Crippen LogP contribution in [-0.2, 0) is 4.74 Å². The van der Waals surface area contributed by atoms with Crippen LogP contribution in [0.5, 0.6) is 0 Å². The van der Waals surface area contributed by atoms with Crippen LogP contribution in [0, 0.1) is 12.3 Å². The molecular weight excluding hydrogens is 164 g/mol. The molecule has 0 aromatic rings. The summed E-state index contributed by atoms with van der Waals surface area (Å²) in [6.07, 6.45) is 6.26. The van der Waals surface area contributed by atoms with Crippen molar-refractivity contribution in [3.63, 3.8) is 0 Å². The normalized spacial score (nSPS) is 24.2. The average molecular weight is 182 g/mol. The highest BCUT2D eigenvalue weighted by Crippen LogP contribution is 2.01. The molecule has 0 aliphatic carbocycles. The Kier molecular flexibility index (Phi) is 4.84. The Hall–Kier alpha value is -0.560. The van der Waals surface area contributed by atoms with E-state index in [1.165, 1.54) is 0 Å². The molecule has 1 fully saturated rings. The fourth-order valence-corrected chi connectivity index (χ4v) is 1.41. The standard InChI is InChI=1S/C10H18N2O/c1-3-4-5-11-8-10-9-12(2)6-7-13-10/h1,10-11H,4-9H2,2H3. The van der Waals surface area contributed by atoms with Crippen molar-refractivity contribution in [2.75, 3.05) is 39.8 Å². The number of terminal acetylenes is 1. The quantitative estimate of drug-likeness (QED) is 0.486. The molecule has 3 heteroatoms. The molecule has 1 unspecified atom stereocenters. The maximum Gasteiger partial charge on any atom is 0.0826 e. The van der Waals surface area contributed by atoms with E-state index < -0.39 is 0 Å². The van der Waals surface area contributed by atoms with Crippen molar-refractivity contribution >= 4 is 0 Å². The van der Waals surface area contributed by atoms with E-state index in [0.29, 0.717) is 6.10 Å². The Morgan fingerprint density at radius 2 is 2.54 bits per heavy atom. The van der Waals surface area contributed by atoms with Crippen molar-refractivity contribution in [2.24, 2.45) is 0 Å². The minimum absolute atomic E-state index is 0.330. The van der Waals surface area contributed by atoms with Crippen molar-refractivity contribution in [3.05, 3.63) is 0 Å². The molecule has 1 rings (SSSR count). The summed E-state index contributed by atoms with van der Waals surface area (Å²) in [5, 5.41) is 3.28. The Balaban J connectivity index is 2.04. The molecule has 3 nitrogen and oxygen atoms in total. The second kappa shape index (κ2) is 5.98. The van der Waals surface area contributed by atoms with E-state index in [9.17, 15) is 0 Å². The molecule has 0 spiro atoms. The van der Waals surface area contributed by atoms with E-state index in [1.54, 1.807) is 0 Å². The van der Waals surface area contributed by atoms with Crippen LogP contribution in [0.3, 0.4) is 0 Å². The number of ether oxygens (including phenoxy) is 1. The molecular formula is C10H18N2O. The first-order chi connectivity index (χ1) is 6.33. The molecule has 74 valence electrons. The highest BCUT2D eigenvalue weighted by Gasteiger charge is 2.16. The second-order valence-corrected chi connectivity index (χ2v) is 3.41. The largest absolute Gasteiger partial charge is 0.374 e. The van der Waals surface area contributed by atoms with E-state index >= 15 is 0 Å². The average Bonchev–Trinajstić information content (AvgIpc) is 2.13. The van der Waals surface area contributed by atoms with Crippen LogP contribution in [0.25, 0.3) is 0 Å². The number of rotatable bonds is 4. The van der Waals surface area contributed by atoms with Gasteiger partial charge in [-0.15, -0.1) is 12.3 Å². The maximum absolute atomic E-state index is 5.57. The fraction of sp³-hybridized carbons (Fsp3) is 0.800. The van der Waals surface area contributed by atoms with Gasteiger partial charge in [0.15, 0.2) is 0 Å². The monoisotopic (exact) mass is 182 g/mol. The Morgan fingerprint density at radius 1 is 1.69 bits per heavy atom. The molecule has 1 saturated heterocycles. The molecule has 1 aliphatic heterocycles. The summed E-state index contributed by atoms with van der Waals surface area (Å²) in [5.41, 5.74) is 0. The van der Waals surface area contributed by atoms with Crippen molar-refractivity contribution in [1.82, 2.24) is 10.2 Å². The molecule has 13 heavy (non-hydrogen) atoms. The Labute approximate surface area is 80.4 Å². The van der Waals surface area contributed by atoms with Gasteiger partial charge in [-0.25, -0.2) is 0 Å². The number of hydrogen-bond donors (Lipinski definition) is 1. The van der Waals surface area contributed by atoms with Gasteiger partial charge in [0.05, 0.1) is 12.7 Å². The number of nitrogens with zero attached hydrogens (tertiary/aromatic N) is 1. The van der Waals surface area contributed by atoms with Crippen LogP contribution in [0.2, 0.25) is 0 Å². The van der Waals surface area contributed by atoms with E-state index in [0.717, 1.165) is 39.2 Å². The third kappa shape index (κ3) is 4.28. The third-order valence-corrected chi connectivity index (χ3v) is 2.16. The van der Waals surface area contributed by atoms with Crippen LogP contribution in [0.15, 0.2) is 0 Å². The Bertz CT molecular complexity index is 176. The summed E-state index contributed by atoms with van der Waals surface area (Å²) in [6.45, 7) is 4.70. The van der Waals surface area contributed by atoms with Gasteiger partial charge in [0, 0.05) is 32.6 Å². The topological polar surface area (TPSA) is 24.5 Å². The van der Waals surface area contributed by atoms with Crippen LogP contribution >= 0.6 is 0 Å². The number of likely N-dealkylation sites (N-methyl/N-ethyl adjacent to an activating group) is 1. The first kappa shape index (κ1) is 10.5. The predicted octanol–water partition coefficient (Wildman–Crippen LogP) is -0.0701. The summed E-state index contributed by atoms with van der Waals surface area (Å²) in [6, 6.07) is 0. The van der Waals surface area contributed by atoms with Gasteiger partial charge in [0.25, 0.3) is 0 Å². The minimum atomic E-state index is 0.330. The third-order valence-electron chi connectivity index (χ3n) is 2.16. The van der Waals surface area contributed by atoms with Crippen molar-refractivity contribution < 1.29 is 4.74 Å². The van der Waals surface area contributed by atoms with Gasteiger partial charge in [-0.3, -0.25) is 0 Å². The molecule has 0 aromatic carbocycles. The number of hydrogen-bond acceptors (Lipinski definition) is 3. The zero-order chi connectivity index (χ0) is 9.52. The summed E-state index contributed by atoms with van der Waals surface area (Å²) in [4.78, 5) is 2.29. The lowest BCUT2D eigenvalue weighted by Gasteiger charge is -2.30. The molecule has 0 amide bonds. The van der Waals surface area contributed by atoms with Gasteiger partial charge in [-0.05, 0) is 7.05 Å². The van der Waals surface area contributed by atoms with E-state index in [2.05, 4.69) is 23.2 Å². The molecule has 0 aromatic heterocycles. The molecule has 0 saturated carbocycles. The zero-order valence-corrected chi connectivity index (χ0v) is 8.25. The van der Waals surface area contributed by atoms with Crippen LogP contribution in [-0.4, -0.2) is 50.8 Å². The molecule has 1 aliphatic rings. The van der Waals surface area contributed by atoms with Crippen LogP contribution in [0.4, 0.5) is 0 Å². The molecule has 1 atom stereocenters. The van der Waals surface area contributed by atoms with E-state index in [1.807, 2.05) is 0 Å². The SMILES string of the molecule is C#CCCNCC1CN(C)CCO1. The first-order valence-electron chi connectivity index (χ1n) is 4.77. The number of morpholine rings is 1. The predicted molar refractivity (Wildman–Crippen MR) is 53.6 cm³/mol. The summed E-state index contributed by atoms with van der Waals surface area (Å²) < 4.78 is 5.57. The first-order valence-corrected chi connectivity index (χ1v) is 4.77.